The van der Waals surface area contributed by atoms with E-state index in [9.17, 15) is 9.59 Å². The number of aryl methyl sites for hydroxylation is 1. The number of hydrogen-bond acceptors (Lipinski definition) is 4. The number of carbonyl (C=O) groups excluding carboxylic acids is 2. The van der Waals surface area contributed by atoms with Crippen LogP contribution in [-0.4, -0.2) is 36.2 Å². The highest BCUT2D eigenvalue weighted by Crippen LogP contribution is 2.23. The van der Waals surface area contributed by atoms with Gasteiger partial charge in [-0.1, -0.05) is 48.0 Å². The third kappa shape index (κ3) is 5.30. The first-order valence-corrected chi connectivity index (χ1v) is 10.8. The maximum Gasteiger partial charge on any atom is 0.241 e. The minimum Gasteiger partial charge on any atom is -0.467 e. The van der Waals surface area contributed by atoms with Crippen molar-refractivity contribution in [3.05, 3.63) is 89.9 Å². The summed E-state index contributed by atoms with van der Waals surface area (Å²) in [6.07, 6.45) is 3.19. The van der Waals surface area contributed by atoms with Crippen LogP contribution in [0.25, 0.3) is 0 Å². The first kappa shape index (κ1) is 21.1. The lowest BCUT2D eigenvalue weighted by molar-refractivity contribution is -0.120. The Hall–Kier alpha value is -3.18. The molecule has 5 nitrogen and oxygen atoms in total. The van der Waals surface area contributed by atoms with E-state index in [-0.39, 0.29) is 17.6 Å². The molecule has 0 bridgehead atoms. The van der Waals surface area contributed by atoms with Crippen LogP contribution < -0.4 is 4.90 Å². The molecule has 2 heterocycles. The molecule has 3 aromatic rings. The van der Waals surface area contributed by atoms with E-state index in [1.54, 1.807) is 11.2 Å². The van der Waals surface area contributed by atoms with Crippen LogP contribution in [0.15, 0.2) is 77.4 Å². The number of para-hydroxylation sites is 1. The number of likely N-dealkylation sites (tertiary alicyclic amines) is 1. The summed E-state index contributed by atoms with van der Waals surface area (Å²) >= 11 is 0. The molecule has 0 N–H and O–H groups in total. The van der Waals surface area contributed by atoms with Crippen molar-refractivity contribution >= 4 is 17.4 Å². The van der Waals surface area contributed by atoms with Crippen LogP contribution in [0.4, 0.5) is 5.69 Å². The highest BCUT2D eigenvalue weighted by atomic mass is 16.3. The van der Waals surface area contributed by atoms with E-state index < -0.39 is 0 Å². The van der Waals surface area contributed by atoms with Crippen molar-refractivity contribution in [3.63, 3.8) is 0 Å². The lowest BCUT2D eigenvalue weighted by Crippen LogP contribution is -2.44. The number of benzene rings is 2. The number of Topliss-reactive ketones (excluding diaryl/α,β-unsaturated/α-hetero) is 1. The molecule has 1 aliphatic heterocycles. The van der Waals surface area contributed by atoms with Gasteiger partial charge in [-0.2, -0.15) is 0 Å². The Kier molecular flexibility index (Phi) is 6.63. The lowest BCUT2D eigenvalue weighted by Gasteiger charge is -2.32. The van der Waals surface area contributed by atoms with E-state index in [4.69, 9.17) is 4.42 Å². The molecule has 2 aromatic carbocycles. The maximum atomic E-state index is 13.2. The predicted molar refractivity (Wildman–Crippen MR) is 121 cm³/mol. The van der Waals surface area contributed by atoms with Crippen molar-refractivity contribution in [2.75, 3.05) is 24.5 Å². The Morgan fingerprint density at radius 2 is 1.68 bits per heavy atom. The number of hydrogen-bond donors (Lipinski definition) is 0. The topological polar surface area (TPSA) is 53.8 Å². The molecule has 31 heavy (non-hydrogen) atoms. The zero-order chi connectivity index (χ0) is 21.6. The van der Waals surface area contributed by atoms with Gasteiger partial charge in [0.25, 0.3) is 0 Å². The molecule has 0 spiro atoms. The Morgan fingerprint density at radius 3 is 2.32 bits per heavy atom. The van der Waals surface area contributed by atoms with Gasteiger partial charge in [-0.15, -0.1) is 0 Å². The van der Waals surface area contributed by atoms with Gasteiger partial charge in [-0.25, -0.2) is 0 Å². The molecule has 0 unspecified atom stereocenters. The van der Waals surface area contributed by atoms with Crippen molar-refractivity contribution in [3.8, 4) is 0 Å². The second kappa shape index (κ2) is 9.75. The van der Waals surface area contributed by atoms with Gasteiger partial charge in [0.15, 0.2) is 5.78 Å². The molecule has 0 aliphatic carbocycles. The SMILES string of the molecule is Cc1ccc(C(=O)C2CCN(CC(=O)N(Cc3ccco3)c3ccccc3)CC2)cc1. The van der Waals surface area contributed by atoms with E-state index in [2.05, 4.69) is 4.90 Å². The van der Waals surface area contributed by atoms with Crippen molar-refractivity contribution in [2.45, 2.75) is 26.3 Å². The second-order valence-electron chi connectivity index (χ2n) is 8.18. The van der Waals surface area contributed by atoms with Gasteiger partial charge in [-0.05, 0) is 57.1 Å². The Balaban J connectivity index is 1.36. The van der Waals surface area contributed by atoms with Gasteiger partial charge < -0.3 is 9.32 Å². The first-order valence-electron chi connectivity index (χ1n) is 10.8. The number of amides is 1. The van der Waals surface area contributed by atoms with Gasteiger partial charge in [-0.3, -0.25) is 14.5 Å². The molecule has 0 saturated carbocycles. The highest BCUT2D eigenvalue weighted by Gasteiger charge is 2.28. The summed E-state index contributed by atoms with van der Waals surface area (Å²) in [5, 5.41) is 0. The van der Waals surface area contributed by atoms with Gasteiger partial charge in [0.1, 0.15) is 5.76 Å². The normalized spacial score (nSPS) is 15.0. The van der Waals surface area contributed by atoms with Gasteiger partial charge in [0.05, 0.1) is 19.4 Å². The molecule has 1 saturated heterocycles. The van der Waals surface area contributed by atoms with Crippen molar-refractivity contribution in [1.82, 2.24) is 4.90 Å². The standard InChI is InChI=1S/C26H28N2O3/c1-20-9-11-21(12-10-20)26(30)22-13-15-27(16-14-22)19-25(29)28(18-24-8-5-17-31-24)23-6-3-2-4-7-23/h2-12,17,22H,13-16,18-19H2,1H3. The zero-order valence-electron chi connectivity index (χ0n) is 17.9. The van der Waals surface area contributed by atoms with Crippen LogP contribution >= 0.6 is 0 Å². The third-order valence-electron chi connectivity index (χ3n) is 5.92. The largest absolute Gasteiger partial charge is 0.467 e. The predicted octanol–water partition coefficient (Wildman–Crippen LogP) is 4.72. The van der Waals surface area contributed by atoms with Crippen molar-refractivity contribution in [1.29, 1.82) is 0 Å². The molecule has 1 amide bonds. The van der Waals surface area contributed by atoms with Crippen LogP contribution in [0.2, 0.25) is 0 Å². The number of rotatable bonds is 7. The fraction of sp³-hybridized carbons (Fsp3) is 0.308. The van der Waals surface area contributed by atoms with Crippen LogP contribution in [0.5, 0.6) is 0 Å². The molecule has 1 fully saturated rings. The minimum absolute atomic E-state index is 0.0300. The molecule has 0 atom stereocenters. The van der Waals surface area contributed by atoms with E-state index in [1.165, 1.54) is 0 Å². The van der Waals surface area contributed by atoms with Crippen molar-refractivity contribution in [2.24, 2.45) is 5.92 Å². The van der Waals surface area contributed by atoms with Gasteiger partial charge in [0, 0.05) is 17.2 Å². The van der Waals surface area contributed by atoms with E-state index in [0.717, 1.165) is 48.5 Å². The van der Waals surface area contributed by atoms with E-state index in [1.807, 2.05) is 73.7 Å². The minimum atomic E-state index is 0.0300. The zero-order valence-corrected chi connectivity index (χ0v) is 17.9. The number of nitrogens with zero attached hydrogens (tertiary/aromatic N) is 2. The van der Waals surface area contributed by atoms with Gasteiger partial charge in [0.2, 0.25) is 5.91 Å². The summed E-state index contributed by atoms with van der Waals surface area (Å²) in [6, 6.07) is 21.2. The fourth-order valence-corrected chi connectivity index (χ4v) is 4.07. The number of ketones is 1. The molecule has 1 aromatic heterocycles. The number of furan rings is 1. The quantitative estimate of drug-likeness (QED) is 0.523. The maximum absolute atomic E-state index is 13.2. The smallest absolute Gasteiger partial charge is 0.241 e. The van der Waals surface area contributed by atoms with E-state index >= 15 is 0 Å². The number of piperidine rings is 1. The van der Waals surface area contributed by atoms with Crippen molar-refractivity contribution < 1.29 is 14.0 Å². The van der Waals surface area contributed by atoms with E-state index in [0.29, 0.717) is 13.1 Å². The lowest BCUT2D eigenvalue weighted by atomic mass is 9.88. The molecule has 5 heteroatoms. The Labute approximate surface area is 183 Å². The summed E-state index contributed by atoms with van der Waals surface area (Å²) < 4.78 is 5.47. The summed E-state index contributed by atoms with van der Waals surface area (Å²) in [5.41, 5.74) is 2.80. The Morgan fingerprint density at radius 1 is 0.968 bits per heavy atom. The molecule has 160 valence electrons. The third-order valence-corrected chi connectivity index (χ3v) is 5.92. The van der Waals surface area contributed by atoms with Gasteiger partial charge >= 0.3 is 0 Å². The van der Waals surface area contributed by atoms with Crippen LogP contribution in [-0.2, 0) is 11.3 Å². The molecule has 1 aliphatic rings. The molecule has 0 radical (unpaired) electrons. The monoisotopic (exact) mass is 416 g/mol. The molecular weight excluding hydrogens is 388 g/mol. The van der Waals surface area contributed by atoms with Crippen LogP contribution in [0.3, 0.4) is 0 Å². The van der Waals surface area contributed by atoms with Crippen LogP contribution in [0, 0.1) is 12.8 Å². The fourth-order valence-electron chi connectivity index (χ4n) is 4.07. The Bertz CT molecular complexity index is 989. The van der Waals surface area contributed by atoms with Crippen LogP contribution in [0.1, 0.15) is 34.5 Å². The average molecular weight is 417 g/mol. The summed E-state index contributed by atoms with van der Waals surface area (Å²) in [6.45, 7) is 4.25. The number of carbonyl (C=O) groups is 2. The summed E-state index contributed by atoms with van der Waals surface area (Å²) in [7, 11) is 0. The molecular formula is C26H28N2O3. The summed E-state index contributed by atoms with van der Waals surface area (Å²) in [5.74, 6) is 1.03. The summed E-state index contributed by atoms with van der Waals surface area (Å²) in [4.78, 5) is 29.9. The second-order valence-corrected chi connectivity index (χ2v) is 8.18. The average Bonchev–Trinajstić information content (AvgIpc) is 3.32. The number of anilines is 1. The molecule has 4 rings (SSSR count). The first-order chi connectivity index (χ1) is 15.1. The highest BCUT2D eigenvalue weighted by molar-refractivity contribution is 5.98.